The highest BCUT2D eigenvalue weighted by Gasteiger charge is 2.34. The first-order valence-corrected chi connectivity index (χ1v) is 7.96. The molecule has 0 aromatic heterocycles. The molecule has 2 fully saturated rings. The van der Waals surface area contributed by atoms with Crippen LogP contribution in [0.1, 0.15) is 38.5 Å². The van der Waals surface area contributed by atoms with E-state index >= 15 is 0 Å². The molecule has 20 heavy (non-hydrogen) atoms. The standard InChI is InChI=1S/C17H24FNO/c18-15-8-4-5-9-16(15)20-17(14-10-11-19-12-14)13-6-2-1-3-7-13/h4-5,8-9,13-14,17,19H,1-3,6-7,10-12H2/t14?,17-/m1/s1. The fraction of sp³-hybridized carbons (Fsp3) is 0.647. The summed E-state index contributed by atoms with van der Waals surface area (Å²) in [4.78, 5) is 0. The van der Waals surface area contributed by atoms with Gasteiger partial charge in [-0.05, 0) is 43.9 Å². The average Bonchev–Trinajstić information content (AvgIpc) is 3.01. The van der Waals surface area contributed by atoms with Crippen LogP contribution in [0.4, 0.5) is 4.39 Å². The summed E-state index contributed by atoms with van der Waals surface area (Å²) in [6.45, 7) is 2.07. The maximum Gasteiger partial charge on any atom is 0.165 e. The first-order valence-electron chi connectivity index (χ1n) is 7.96. The van der Waals surface area contributed by atoms with Gasteiger partial charge in [0.2, 0.25) is 0 Å². The lowest BCUT2D eigenvalue weighted by Gasteiger charge is -2.34. The third kappa shape index (κ3) is 3.14. The van der Waals surface area contributed by atoms with Gasteiger partial charge in [0, 0.05) is 12.5 Å². The first kappa shape index (κ1) is 13.9. The van der Waals surface area contributed by atoms with E-state index in [0.717, 1.165) is 19.5 Å². The minimum absolute atomic E-state index is 0.169. The average molecular weight is 277 g/mol. The second-order valence-corrected chi connectivity index (χ2v) is 6.16. The molecule has 1 aliphatic carbocycles. The Hall–Kier alpha value is -1.09. The highest BCUT2D eigenvalue weighted by atomic mass is 19.1. The molecule has 0 spiro atoms. The summed E-state index contributed by atoms with van der Waals surface area (Å²) < 4.78 is 20.0. The van der Waals surface area contributed by atoms with Gasteiger partial charge in [-0.3, -0.25) is 0 Å². The van der Waals surface area contributed by atoms with E-state index in [1.807, 2.05) is 6.07 Å². The van der Waals surface area contributed by atoms with Crippen molar-refractivity contribution in [3.63, 3.8) is 0 Å². The lowest BCUT2D eigenvalue weighted by atomic mass is 9.80. The van der Waals surface area contributed by atoms with Crippen molar-refractivity contribution in [3.05, 3.63) is 30.1 Å². The van der Waals surface area contributed by atoms with Crippen LogP contribution in [0.2, 0.25) is 0 Å². The van der Waals surface area contributed by atoms with E-state index in [-0.39, 0.29) is 11.9 Å². The summed E-state index contributed by atoms with van der Waals surface area (Å²) in [7, 11) is 0. The van der Waals surface area contributed by atoms with Crippen molar-refractivity contribution in [2.45, 2.75) is 44.6 Å². The molecule has 110 valence electrons. The normalized spacial score (nSPS) is 25.6. The third-order valence-electron chi connectivity index (χ3n) is 4.78. The van der Waals surface area contributed by atoms with E-state index in [9.17, 15) is 4.39 Å². The molecule has 1 heterocycles. The highest BCUT2D eigenvalue weighted by Crippen LogP contribution is 2.34. The number of rotatable bonds is 4. The second kappa shape index (κ2) is 6.57. The van der Waals surface area contributed by atoms with Crippen LogP contribution in [0.3, 0.4) is 0 Å². The van der Waals surface area contributed by atoms with Crippen LogP contribution < -0.4 is 10.1 Å². The number of hydrogen-bond acceptors (Lipinski definition) is 2. The lowest BCUT2D eigenvalue weighted by Crippen LogP contribution is -2.37. The highest BCUT2D eigenvalue weighted by molar-refractivity contribution is 5.24. The SMILES string of the molecule is Fc1ccccc1O[C@H](C1CCCCC1)C1CCNC1. The summed E-state index contributed by atoms with van der Waals surface area (Å²) in [6, 6.07) is 6.81. The van der Waals surface area contributed by atoms with Gasteiger partial charge in [0.25, 0.3) is 0 Å². The van der Waals surface area contributed by atoms with E-state index in [2.05, 4.69) is 5.32 Å². The fourth-order valence-corrected chi connectivity index (χ4v) is 3.68. The molecule has 2 atom stereocenters. The molecule has 1 saturated carbocycles. The predicted molar refractivity (Wildman–Crippen MR) is 78.4 cm³/mol. The molecule has 3 rings (SSSR count). The smallest absolute Gasteiger partial charge is 0.165 e. The van der Waals surface area contributed by atoms with Crippen LogP contribution >= 0.6 is 0 Å². The van der Waals surface area contributed by atoms with E-state index in [1.165, 1.54) is 38.2 Å². The molecule has 2 aliphatic rings. The van der Waals surface area contributed by atoms with Gasteiger partial charge in [-0.25, -0.2) is 4.39 Å². The molecule has 1 aromatic rings. The van der Waals surface area contributed by atoms with Gasteiger partial charge in [-0.2, -0.15) is 0 Å². The third-order valence-corrected chi connectivity index (χ3v) is 4.78. The predicted octanol–water partition coefficient (Wildman–Crippen LogP) is 3.76. The van der Waals surface area contributed by atoms with Crippen LogP contribution in [0.15, 0.2) is 24.3 Å². The lowest BCUT2D eigenvalue weighted by molar-refractivity contribution is 0.0587. The van der Waals surface area contributed by atoms with Crippen LogP contribution in [-0.2, 0) is 0 Å². The topological polar surface area (TPSA) is 21.3 Å². The van der Waals surface area contributed by atoms with Gasteiger partial charge in [0.1, 0.15) is 6.10 Å². The van der Waals surface area contributed by atoms with Crippen LogP contribution in [0.25, 0.3) is 0 Å². The maximum absolute atomic E-state index is 13.9. The van der Waals surface area contributed by atoms with Gasteiger partial charge >= 0.3 is 0 Å². The Morgan fingerprint density at radius 3 is 2.55 bits per heavy atom. The summed E-state index contributed by atoms with van der Waals surface area (Å²) in [6.07, 6.45) is 7.71. The maximum atomic E-state index is 13.9. The Kier molecular flexibility index (Phi) is 4.56. The number of hydrogen-bond donors (Lipinski definition) is 1. The van der Waals surface area contributed by atoms with Crippen molar-refractivity contribution >= 4 is 0 Å². The molecule has 1 aliphatic heterocycles. The van der Waals surface area contributed by atoms with Crippen molar-refractivity contribution in [3.8, 4) is 5.75 Å². The van der Waals surface area contributed by atoms with E-state index < -0.39 is 0 Å². The fourth-order valence-electron chi connectivity index (χ4n) is 3.68. The summed E-state index contributed by atoms with van der Waals surface area (Å²) in [5.41, 5.74) is 0. The molecule has 2 nitrogen and oxygen atoms in total. The van der Waals surface area contributed by atoms with Gasteiger partial charge in [-0.1, -0.05) is 31.4 Å². The Balaban J connectivity index is 1.75. The molecule has 0 bridgehead atoms. The van der Waals surface area contributed by atoms with E-state index in [0.29, 0.717) is 17.6 Å². The second-order valence-electron chi connectivity index (χ2n) is 6.16. The first-order chi connectivity index (χ1) is 9.84. The number of benzene rings is 1. The Bertz CT molecular complexity index is 425. The molecule has 1 saturated heterocycles. The largest absolute Gasteiger partial charge is 0.487 e. The summed E-state index contributed by atoms with van der Waals surface area (Å²) in [5.74, 6) is 1.31. The molecule has 0 amide bonds. The van der Waals surface area contributed by atoms with Crippen molar-refractivity contribution in [2.24, 2.45) is 11.8 Å². The molecular weight excluding hydrogens is 253 g/mol. The summed E-state index contributed by atoms with van der Waals surface area (Å²) >= 11 is 0. The monoisotopic (exact) mass is 277 g/mol. The Morgan fingerprint density at radius 2 is 1.85 bits per heavy atom. The molecule has 0 radical (unpaired) electrons. The quantitative estimate of drug-likeness (QED) is 0.904. The van der Waals surface area contributed by atoms with E-state index in [1.54, 1.807) is 12.1 Å². The number of nitrogens with one attached hydrogen (secondary N) is 1. The Labute approximate surface area is 120 Å². The molecule has 1 aromatic carbocycles. The van der Waals surface area contributed by atoms with Gasteiger partial charge in [-0.15, -0.1) is 0 Å². The van der Waals surface area contributed by atoms with Crippen molar-refractivity contribution in [1.29, 1.82) is 0 Å². The Morgan fingerprint density at radius 1 is 1.05 bits per heavy atom. The van der Waals surface area contributed by atoms with Crippen LogP contribution in [0.5, 0.6) is 5.75 Å². The number of ether oxygens (including phenoxy) is 1. The van der Waals surface area contributed by atoms with Crippen molar-refractivity contribution < 1.29 is 9.13 Å². The minimum atomic E-state index is -0.237. The van der Waals surface area contributed by atoms with Gasteiger partial charge in [0.05, 0.1) is 0 Å². The summed E-state index contributed by atoms with van der Waals surface area (Å²) in [5, 5.41) is 3.42. The number of halogens is 1. The molecule has 1 N–H and O–H groups in total. The zero-order valence-electron chi connectivity index (χ0n) is 12.0. The molecular formula is C17H24FNO. The van der Waals surface area contributed by atoms with Crippen LogP contribution in [0, 0.1) is 17.7 Å². The van der Waals surface area contributed by atoms with Crippen molar-refractivity contribution in [2.75, 3.05) is 13.1 Å². The molecule has 1 unspecified atom stereocenters. The zero-order valence-corrected chi connectivity index (χ0v) is 12.0. The zero-order chi connectivity index (χ0) is 13.8. The van der Waals surface area contributed by atoms with E-state index in [4.69, 9.17) is 4.74 Å². The van der Waals surface area contributed by atoms with Gasteiger partial charge in [0.15, 0.2) is 11.6 Å². The van der Waals surface area contributed by atoms with Crippen LogP contribution in [-0.4, -0.2) is 19.2 Å². The van der Waals surface area contributed by atoms with Crippen molar-refractivity contribution in [1.82, 2.24) is 5.32 Å². The molecule has 3 heteroatoms. The van der Waals surface area contributed by atoms with Gasteiger partial charge < -0.3 is 10.1 Å². The number of para-hydroxylation sites is 1. The minimum Gasteiger partial charge on any atom is -0.487 e.